The first-order valence-electron chi connectivity index (χ1n) is 4.87. The minimum atomic E-state index is -0.369. The number of hydrogen-bond acceptors (Lipinski definition) is 3. The van der Waals surface area contributed by atoms with E-state index < -0.39 is 0 Å². The Morgan fingerprint density at radius 3 is 3.00 bits per heavy atom. The van der Waals surface area contributed by atoms with Crippen LogP contribution >= 0.6 is 33.9 Å². The van der Waals surface area contributed by atoms with Gasteiger partial charge in [-0.3, -0.25) is 4.79 Å². The number of halogens is 1. The van der Waals surface area contributed by atoms with E-state index in [0.717, 1.165) is 15.7 Å². The maximum atomic E-state index is 11.6. The van der Waals surface area contributed by atoms with Gasteiger partial charge in [0.1, 0.15) is 0 Å². The number of aliphatic hydroxyl groups is 1. The maximum absolute atomic E-state index is 11.6. The summed E-state index contributed by atoms with van der Waals surface area (Å²) >= 11 is 3.73. The maximum Gasteiger partial charge on any atom is 0.252 e. The number of carbonyl (C=O) groups excluding carboxylic acids is 1. The molecule has 1 heterocycles. The van der Waals surface area contributed by atoms with Gasteiger partial charge in [-0.2, -0.15) is 0 Å². The number of thiophene rings is 1. The summed E-state index contributed by atoms with van der Waals surface area (Å²) < 4.78 is 1.10. The molecule has 1 fully saturated rings. The lowest BCUT2D eigenvalue weighted by atomic mass is 10.2. The molecule has 15 heavy (non-hydrogen) atoms. The standard InChI is InChI=1S/C10H12INO2S/c11-9-3-7(5-15-9)10(14)12-4-8(13)6-1-2-6/h3,5-6,8,13H,1-2,4H2,(H,12,14). The van der Waals surface area contributed by atoms with E-state index in [1.807, 2.05) is 11.4 Å². The van der Waals surface area contributed by atoms with Crippen molar-refractivity contribution in [2.45, 2.75) is 18.9 Å². The second kappa shape index (κ2) is 4.80. The first kappa shape index (κ1) is 11.3. The van der Waals surface area contributed by atoms with Gasteiger partial charge < -0.3 is 10.4 Å². The van der Waals surface area contributed by atoms with Gasteiger partial charge in [0.05, 0.1) is 14.6 Å². The summed E-state index contributed by atoms with van der Waals surface area (Å²) in [6.45, 7) is 0.371. The van der Waals surface area contributed by atoms with E-state index in [2.05, 4.69) is 27.9 Å². The molecule has 0 bridgehead atoms. The van der Waals surface area contributed by atoms with Gasteiger partial charge in [-0.25, -0.2) is 0 Å². The van der Waals surface area contributed by atoms with Crippen LogP contribution in [0, 0.1) is 8.80 Å². The van der Waals surface area contributed by atoms with Crippen molar-refractivity contribution in [2.24, 2.45) is 5.92 Å². The summed E-state index contributed by atoms with van der Waals surface area (Å²) in [5.74, 6) is 0.321. The highest BCUT2D eigenvalue weighted by Crippen LogP contribution is 2.32. The van der Waals surface area contributed by atoms with Crippen molar-refractivity contribution in [3.63, 3.8) is 0 Å². The molecule has 1 aliphatic carbocycles. The molecule has 1 atom stereocenters. The van der Waals surface area contributed by atoms with Crippen molar-refractivity contribution in [3.05, 3.63) is 19.9 Å². The van der Waals surface area contributed by atoms with Crippen molar-refractivity contribution < 1.29 is 9.90 Å². The number of aliphatic hydroxyl groups excluding tert-OH is 1. The highest BCUT2D eigenvalue weighted by Gasteiger charge is 2.29. The zero-order valence-electron chi connectivity index (χ0n) is 8.07. The molecule has 1 aliphatic rings. The Kier molecular flexibility index (Phi) is 3.63. The Hall–Kier alpha value is -0.140. The monoisotopic (exact) mass is 337 g/mol. The number of nitrogens with one attached hydrogen (secondary N) is 1. The van der Waals surface area contributed by atoms with Gasteiger partial charge in [-0.1, -0.05) is 0 Å². The van der Waals surface area contributed by atoms with Crippen LogP contribution in [0.25, 0.3) is 0 Å². The van der Waals surface area contributed by atoms with E-state index in [-0.39, 0.29) is 12.0 Å². The smallest absolute Gasteiger partial charge is 0.252 e. The first-order valence-corrected chi connectivity index (χ1v) is 6.83. The zero-order chi connectivity index (χ0) is 10.8. The third-order valence-electron chi connectivity index (χ3n) is 2.47. The second-order valence-electron chi connectivity index (χ2n) is 3.75. The lowest BCUT2D eigenvalue weighted by Gasteiger charge is -2.09. The summed E-state index contributed by atoms with van der Waals surface area (Å²) in [5, 5.41) is 14.2. The van der Waals surface area contributed by atoms with Gasteiger partial charge in [-0.15, -0.1) is 11.3 Å². The largest absolute Gasteiger partial charge is 0.391 e. The lowest BCUT2D eigenvalue weighted by Crippen LogP contribution is -2.32. The normalized spacial score (nSPS) is 17.5. The van der Waals surface area contributed by atoms with E-state index in [4.69, 9.17) is 0 Å². The van der Waals surface area contributed by atoms with Crippen LogP contribution in [0.15, 0.2) is 11.4 Å². The zero-order valence-corrected chi connectivity index (χ0v) is 11.0. The Balaban J connectivity index is 1.81. The molecule has 0 saturated heterocycles. The van der Waals surface area contributed by atoms with E-state index in [1.54, 1.807) is 11.3 Å². The van der Waals surface area contributed by atoms with Crippen LogP contribution in [0.4, 0.5) is 0 Å². The molecule has 0 aromatic carbocycles. The molecule has 82 valence electrons. The predicted molar refractivity (Wildman–Crippen MR) is 68.1 cm³/mol. The molecule has 1 aromatic rings. The van der Waals surface area contributed by atoms with Crippen molar-refractivity contribution in [1.29, 1.82) is 0 Å². The van der Waals surface area contributed by atoms with Crippen LogP contribution < -0.4 is 5.32 Å². The number of amides is 1. The average Bonchev–Trinajstić information content (AvgIpc) is 2.97. The van der Waals surface area contributed by atoms with Gasteiger partial charge in [0, 0.05) is 11.9 Å². The molecule has 1 aromatic heterocycles. The van der Waals surface area contributed by atoms with Gasteiger partial charge in [0.15, 0.2) is 0 Å². The topological polar surface area (TPSA) is 49.3 Å². The van der Waals surface area contributed by atoms with Gasteiger partial charge in [0.25, 0.3) is 5.91 Å². The van der Waals surface area contributed by atoms with Crippen LogP contribution in [0.3, 0.4) is 0 Å². The van der Waals surface area contributed by atoms with Crippen molar-refractivity contribution in [1.82, 2.24) is 5.32 Å². The Morgan fingerprint density at radius 2 is 2.47 bits per heavy atom. The summed E-state index contributed by atoms with van der Waals surface area (Å²) in [4.78, 5) is 11.6. The fourth-order valence-electron chi connectivity index (χ4n) is 1.38. The highest BCUT2D eigenvalue weighted by atomic mass is 127. The molecule has 1 unspecified atom stereocenters. The van der Waals surface area contributed by atoms with Gasteiger partial charge >= 0.3 is 0 Å². The quantitative estimate of drug-likeness (QED) is 0.824. The molecule has 0 aliphatic heterocycles. The molecular formula is C10H12INO2S. The summed E-state index contributed by atoms with van der Waals surface area (Å²) in [7, 11) is 0. The SMILES string of the molecule is O=C(NCC(O)C1CC1)c1csc(I)c1. The minimum Gasteiger partial charge on any atom is -0.391 e. The van der Waals surface area contributed by atoms with Gasteiger partial charge in [-0.05, 0) is 47.4 Å². The molecule has 1 amide bonds. The fraction of sp³-hybridized carbons (Fsp3) is 0.500. The van der Waals surface area contributed by atoms with Crippen LogP contribution in [0.2, 0.25) is 0 Å². The third-order valence-corrected chi connectivity index (χ3v) is 4.26. The Bertz CT molecular complexity index is 362. The second-order valence-corrected chi connectivity index (χ2v) is 6.56. The summed E-state index contributed by atoms with van der Waals surface area (Å²) in [5.41, 5.74) is 0.687. The third kappa shape index (κ3) is 3.15. The molecule has 0 spiro atoms. The van der Waals surface area contributed by atoms with Crippen LogP contribution in [-0.2, 0) is 0 Å². The van der Waals surface area contributed by atoms with Crippen molar-refractivity contribution in [3.8, 4) is 0 Å². The summed E-state index contributed by atoms with van der Waals surface area (Å²) in [6, 6.07) is 1.85. The number of rotatable bonds is 4. The molecule has 3 nitrogen and oxygen atoms in total. The van der Waals surface area contributed by atoms with E-state index in [9.17, 15) is 9.90 Å². The number of hydrogen-bond donors (Lipinski definition) is 2. The lowest BCUT2D eigenvalue weighted by molar-refractivity contribution is 0.0901. The Morgan fingerprint density at radius 1 is 1.73 bits per heavy atom. The Labute approximate surface area is 106 Å². The van der Waals surface area contributed by atoms with Crippen LogP contribution in [0.5, 0.6) is 0 Å². The van der Waals surface area contributed by atoms with Crippen molar-refractivity contribution >= 4 is 39.8 Å². The fourth-order valence-corrected chi connectivity index (χ4v) is 2.70. The van der Waals surface area contributed by atoms with E-state index >= 15 is 0 Å². The number of carbonyl (C=O) groups is 1. The molecule has 0 radical (unpaired) electrons. The predicted octanol–water partition coefficient (Wildman–Crippen LogP) is 1.85. The molecule has 5 heteroatoms. The minimum absolute atomic E-state index is 0.0890. The van der Waals surface area contributed by atoms with E-state index in [1.165, 1.54) is 0 Å². The van der Waals surface area contributed by atoms with Crippen molar-refractivity contribution in [2.75, 3.05) is 6.54 Å². The molecule has 2 rings (SSSR count). The van der Waals surface area contributed by atoms with Gasteiger partial charge in [0.2, 0.25) is 0 Å². The average molecular weight is 337 g/mol. The highest BCUT2D eigenvalue weighted by molar-refractivity contribution is 14.1. The van der Waals surface area contributed by atoms with Crippen LogP contribution in [-0.4, -0.2) is 23.7 Å². The van der Waals surface area contributed by atoms with Crippen LogP contribution in [0.1, 0.15) is 23.2 Å². The van der Waals surface area contributed by atoms with E-state index in [0.29, 0.717) is 18.0 Å². The molecule has 1 saturated carbocycles. The molecular weight excluding hydrogens is 325 g/mol. The first-order chi connectivity index (χ1) is 7.16. The summed E-state index contributed by atoms with van der Waals surface area (Å²) in [6.07, 6.45) is 1.81. The molecule has 2 N–H and O–H groups in total.